The van der Waals surface area contributed by atoms with E-state index in [1.54, 1.807) is 6.34 Å². The Bertz CT molecular complexity index is 452. The number of rotatable bonds is 4. The zero-order chi connectivity index (χ0) is 12.3. The van der Waals surface area contributed by atoms with E-state index in [-0.39, 0.29) is 0 Å². The first-order valence-corrected chi connectivity index (χ1v) is 5.98. The van der Waals surface area contributed by atoms with Gasteiger partial charge in [-0.25, -0.2) is 0 Å². The van der Waals surface area contributed by atoms with Gasteiger partial charge in [-0.05, 0) is 24.5 Å². The first-order valence-electron chi connectivity index (χ1n) is 5.98. The van der Waals surface area contributed by atoms with Gasteiger partial charge in [-0.2, -0.15) is 0 Å². The van der Waals surface area contributed by atoms with Crippen molar-refractivity contribution in [2.45, 2.75) is 19.8 Å². The van der Waals surface area contributed by atoms with Crippen LogP contribution in [0.15, 0.2) is 29.8 Å². The van der Waals surface area contributed by atoms with Crippen LogP contribution in [0.4, 0.5) is 5.69 Å². The molecule has 1 aliphatic heterocycles. The van der Waals surface area contributed by atoms with Crippen molar-refractivity contribution in [3.63, 3.8) is 0 Å². The van der Waals surface area contributed by atoms with Crippen molar-refractivity contribution in [1.29, 1.82) is 0 Å². The van der Waals surface area contributed by atoms with Crippen LogP contribution in [0.3, 0.4) is 0 Å². The second-order valence-corrected chi connectivity index (χ2v) is 4.18. The van der Waals surface area contributed by atoms with Crippen LogP contribution in [0.2, 0.25) is 0 Å². The number of hydrogen-bond donors (Lipinski definition) is 1. The monoisotopic (exact) mass is 230 g/mol. The molecule has 0 saturated heterocycles. The maximum Gasteiger partial charge on any atom is 0.142 e. The summed E-state index contributed by atoms with van der Waals surface area (Å²) in [6, 6.07) is 4.09. The van der Waals surface area contributed by atoms with Crippen molar-refractivity contribution < 1.29 is 5.11 Å². The minimum absolute atomic E-state index is 0.357. The van der Waals surface area contributed by atoms with Crippen LogP contribution in [0, 0.1) is 0 Å². The summed E-state index contributed by atoms with van der Waals surface area (Å²) in [6.45, 7) is 7.49. The third-order valence-electron chi connectivity index (χ3n) is 3.00. The lowest BCUT2D eigenvalue weighted by Gasteiger charge is -2.19. The number of aromatic hydroxyl groups is 1. The molecule has 0 aliphatic carbocycles. The number of nitrogens with zero attached hydrogens (tertiary/aromatic N) is 2. The molecule has 0 fully saturated rings. The van der Waals surface area contributed by atoms with E-state index in [1.807, 2.05) is 23.1 Å². The summed E-state index contributed by atoms with van der Waals surface area (Å²) in [7, 11) is 0. The molecule has 3 heteroatoms. The number of hydrogen-bond acceptors (Lipinski definition) is 3. The summed E-state index contributed by atoms with van der Waals surface area (Å²) in [5, 5.41) is 10.2. The topological polar surface area (TPSA) is 35.8 Å². The highest BCUT2D eigenvalue weighted by molar-refractivity contribution is 5.84. The summed E-state index contributed by atoms with van der Waals surface area (Å²) in [5.41, 5.74) is 3.03. The van der Waals surface area contributed by atoms with Crippen LogP contribution < -0.4 is 4.90 Å². The van der Waals surface area contributed by atoms with E-state index in [1.165, 1.54) is 5.56 Å². The van der Waals surface area contributed by atoms with E-state index in [2.05, 4.69) is 18.5 Å². The molecule has 0 amide bonds. The van der Waals surface area contributed by atoms with Crippen LogP contribution in [-0.4, -0.2) is 24.5 Å². The Morgan fingerprint density at radius 1 is 1.53 bits per heavy atom. The van der Waals surface area contributed by atoms with Crippen molar-refractivity contribution >= 4 is 12.0 Å². The molecule has 90 valence electrons. The zero-order valence-corrected chi connectivity index (χ0v) is 10.2. The Balaban J connectivity index is 2.44. The van der Waals surface area contributed by atoms with Crippen LogP contribution in [0.1, 0.15) is 18.1 Å². The smallest absolute Gasteiger partial charge is 0.142 e. The second-order valence-electron chi connectivity index (χ2n) is 4.18. The molecule has 0 atom stereocenters. The van der Waals surface area contributed by atoms with Crippen molar-refractivity contribution in [2.75, 3.05) is 18.0 Å². The number of anilines is 1. The fourth-order valence-electron chi connectivity index (χ4n) is 2.04. The summed E-state index contributed by atoms with van der Waals surface area (Å²) < 4.78 is 0. The molecule has 1 aliphatic rings. The van der Waals surface area contributed by atoms with Gasteiger partial charge in [0.2, 0.25) is 0 Å². The molecule has 3 nitrogen and oxygen atoms in total. The molecule has 2 rings (SSSR count). The molecular weight excluding hydrogens is 212 g/mol. The maximum absolute atomic E-state index is 10.2. The average molecular weight is 230 g/mol. The van der Waals surface area contributed by atoms with Crippen molar-refractivity contribution in [2.24, 2.45) is 4.99 Å². The lowest BCUT2D eigenvalue weighted by atomic mass is 10.0. The van der Waals surface area contributed by atoms with Gasteiger partial charge in [-0.1, -0.05) is 19.1 Å². The van der Waals surface area contributed by atoms with Crippen LogP contribution >= 0.6 is 0 Å². The summed E-state index contributed by atoms with van der Waals surface area (Å²) in [6.07, 6.45) is 5.27. The largest absolute Gasteiger partial charge is 0.505 e. The predicted molar refractivity (Wildman–Crippen MR) is 72.1 cm³/mol. The normalized spacial score (nSPS) is 14.3. The fraction of sp³-hybridized carbons (Fsp3) is 0.357. The van der Waals surface area contributed by atoms with Crippen molar-refractivity contribution in [1.82, 2.24) is 0 Å². The van der Waals surface area contributed by atoms with E-state index >= 15 is 0 Å². The quantitative estimate of drug-likeness (QED) is 0.807. The van der Waals surface area contributed by atoms with Crippen LogP contribution in [0.5, 0.6) is 5.75 Å². The summed E-state index contributed by atoms with van der Waals surface area (Å²) >= 11 is 0. The minimum Gasteiger partial charge on any atom is -0.505 e. The Morgan fingerprint density at radius 3 is 2.94 bits per heavy atom. The Labute approximate surface area is 102 Å². The van der Waals surface area contributed by atoms with Gasteiger partial charge in [0.05, 0.1) is 18.6 Å². The Hall–Kier alpha value is -1.77. The van der Waals surface area contributed by atoms with Crippen molar-refractivity contribution in [3.05, 3.63) is 35.9 Å². The highest BCUT2D eigenvalue weighted by atomic mass is 16.3. The molecule has 1 N–H and O–H groups in total. The standard InChI is InChI=1S/C14H18N2O/c1-3-5-12-8-11(4-2)9-13(14(12)17)16-7-6-15-10-16/h3,8-10,17H,1,4-7H2,2H3. The number of allylic oxidation sites excluding steroid dienone is 1. The lowest BCUT2D eigenvalue weighted by molar-refractivity contribution is 0.470. The Morgan fingerprint density at radius 2 is 2.35 bits per heavy atom. The molecule has 1 heterocycles. The lowest BCUT2D eigenvalue weighted by Crippen LogP contribution is -2.18. The van der Waals surface area contributed by atoms with Gasteiger partial charge in [-0.15, -0.1) is 6.58 Å². The molecule has 0 radical (unpaired) electrons. The molecule has 0 saturated carbocycles. The van der Waals surface area contributed by atoms with E-state index in [0.29, 0.717) is 12.2 Å². The third-order valence-corrected chi connectivity index (χ3v) is 3.00. The average Bonchev–Trinajstić information content (AvgIpc) is 2.85. The van der Waals surface area contributed by atoms with E-state index in [9.17, 15) is 5.11 Å². The van der Waals surface area contributed by atoms with Gasteiger partial charge in [0, 0.05) is 12.1 Å². The predicted octanol–water partition coefficient (Wildman–Crippen LogP) is 2.53. The Kier molecular flexibility index (Phi) is 3.47. The fourth-order valence-corrected chi connectivity index (χ4v) is 2.04. The van der Waals surface area contributed by atoms with Gasteiger partial charge in [-0.3, -0.25) is 4.99 Å². The summed E-state index contributed by atoms with van der Waals surface area (Å²) in [5.74, 6) is 0.357. The molecule has 0 bridgehead atoms. The van der Waals surface area contributed by atoms with Crippen LogP contribution in [0.25, 0.3) is 0 Å². The van der Waals surface area contributed by atoms with Gasteiger partial charge in [0.15, 0.2) is 0 Å². The van der Waals surface area contributed by atoms with Gasteiger partial charge >= 0.3 is 0 Å². The first kappa shape index (κ1) is 11.7. The molecule has 0 unspecified atom stereocenters. The molecule has 0 aromatic heterocycles. The number of benzene rings is 1. The molecule has 0 spiro atoms. The molecule has 1 aromatic rings. The van der Waals surface area contributed by atoms with E-state index < -0.39 is 0 Å². The number of phenols is 1. The zero-order valence-electron chi connectivity index (χ0n) is 10.2. The van der Waals surface area contributed by atoms with Gasteiger partial charge in [0.25, 0.3) is 0 Å². The highest BCUT2D eigenvalue weighted by Gasteiger charge is 2.15. The van der Waals surface area contributed by atoms with E-state index in [4.69, 9.17) is 0 Å². The highest BCUT2D eigenvalue weighted by Crippen LogP contribution is 2.33. The molecule has 17 heavy (non-hydrogen) atoms. The third kappa shape index (κ3) is 2.33. The summed E-state index contributed by atoms with van der Waals surface area (Å²) in [4.78, 5) is 6.18. The number of aliphatic imine (C=N–C) groups is 1. The minimum atomic E-state index is 0.357. The van der Waals surface area contributed by atoms with Crippen molar-refractivity contribution in [3.8, 4) is 5.75 Å². The van der Waals surface area contributed by atoms with Gasteiger partial charge in [0.1, 0.15) is 5.75 Å². The number of phenolic OH excluding ortho intramolecular Hbond substituents is 1. The first-order chi connectivity index (χ1) is 8.26. The second kappa shape index (κ2) is 5.04. The molecule has 1 aromatic carbocycles. The SMILES string of the molecule is C=CCc1cc(CC)cc(N2C=NCC2)c1O. The molecular formula is C14H18N2O. The van der Waals surface area contributed by atoms with Crippen LogP contribution in [-0.2, 0) is 12.8 Å². The van der Waals surface area contributed by atoms with Gasteiger partial charge < -0.3 is 10.0 Å². The maximum atomic E-state index is 10.2. The van der Waals surface area contributed by atoms with E-state index in [0.717, 1.165) is 30.8 Å². The number of aryl methyl sites for hydroxylation is 1.